The van der Waals surface area contributed by atoms with Gasteiger partial charge in [0, 0.05) is 6.20 Å². The van der Waals surface area contributed by atoms with E-state index in [1.54, 1.807) is 12.5 Å². The van der Waals surface area contributed by atoms with Gasteiger partial charge in [-0.3, -0.25) is 0 Å². The average Bonchev–Trinajstić information content (AvgIpc) is 2.59. The Morgan fingerprint density at radius 3 is 3.10 bits per heavy atom. The first kappa shape index (κ1) is 5.29. The van der Waals surface area contributed by atoms with Crippen LogP contribution < -0.4 is 0 Å². The van der Waals surface area contributed by atoms with E-state index in [1.807, 2.05) is 18.3 Å². The summed E-state index contributed by atoms with van der Waals surface area (Å²) in [5.74, 6) is 0. The van der Waals surface area contributed by atoms with Gasteiger partial charge in [-0.05, 0) is 12.1 Å². The molecule has 0 fully saturated rings. The molecular formula is C7H6N2O. The van der Waals surface area contributed by atoms with Crippen molar-refractivity contribution in [3.63, 3.8) is 0 Å². The van der Waals surface area contributed by atoms with Crippen LogP contribution in [-0.4, -0.2) is 10.1 Å². The molecule has 0 aliphatic rings. The number of rotatable bonds is 1. The maximum Gasteiger partial charge on any atom is 0.133 e. The van der Waals surface area contributed by atoms with Crippen LogP contribution in [0.3, 0.4) is 0 Å². The predicted octanol–water partition coefficient (Wildman–Crippen LogP) is 1.67. The molecule has 10 heavy (non-hydrogen) atoms. The lowest BCUT2D eigenvalue weighted by atomic mass is 10.3. The van der Waals surface area contributed by atoms with E-state index in [-0.39, 0.29) is 0 Å². The minimum absolute atomic E-state index is 0.977. The zero-order valence-electron chi connectivity index (χ0n) is 5.24. The zero-order valence-corrected chi connectivity index (χ0v) is 5.24. The average molecular weight is 134 g/mol. The Morgan fingerprint density at radius 1 is 1.50 bits per heavy atom. The summed E-state index contributed by atoms with van der Waals surface area (Å²) in [6, 6.07) is 3.90. The van der Waals surface area contributed by atoms with Gasteiger partial charge in [0.25, 0.3) is 0 Å². The van der Waals surface area contributed by atoms with Crippen molar-refractivity contribution in [2.45, 2.75) is 0 Å². The SMILES string of the molecule is c1c[nH]c(-c2cnoc2)c1. The van der Waals surface area contributed by atoms with Gasteiger partial charge in [0.05, 0.1) is 17.5 Å². The molecule has 0 aliphatic heterocycles. The highest BCUT2D eigenvalue weighted by Gasteiger charge is 1.97. The Kier molecular flexibility index (Phi) is 1.07. The third-order valence-electron chi connectivity index (χ3n) is 1.34. The van der Waals surface area contributed by atoms with Crippen LogP contribution in [0.25, 0.3) is 11.3 Å². The van der Waals surface area contributed by atoms with E-state index >= 15 is 0 Å². The van der Waals surface area contributed by atoms with Crippen molar-refractivity contribution < 1.29 is 4.52 Å². The van der Waals surface area contributed by atoms with E-state index in [0.29, 0.717) is 0 Å². The number of nitrogens with zero attached hydrogens (tertiary/aromatic N) is 1. The van der Waals surface area contributed by atoms with Crippen molar-refractivity contribution >= 4 is 0 Å². The quantitative estimate of drug-likeness (QED) is 0.644. The maximum atomic E-state index is 4.67. The van der Waals surface area contributed by atoms with Gasteiger partial charge in [-0.1, -0.05) is 5.16 Å². The van der Waals surface area contributed by atoms with E-state index in [9.17, 15) is 0 Å². The number of nitrogens with one attached hydrogen (secondary N) is 1. The van der Waals surface area contributed by atoms with Crippen molar-refractivity contribution in [1.29, 1.82) is 0 Å². The normalized spacial score (nSPS) is 10.0. The van der Waals surface area contributed by atoms with Crippen LogP contribution in [-0.2, 0) is 0 Å². The monoisotopic (exact) mass is 134 g/mol. The molecule has 2 aromatic rings. The molecule has 0 atom stereocenters. The smallest absolute Gasteiger partial charge is 0.133 e. The molecule has 3 heteroatoms. The molecule has 0 aliphatic carbocycles. The Morgan fingerprint density at radius 2 is 2.50 bits per heavy atom. The van der Waals surface area contributed by atoms with Gasteiger partial charge in [0.2, 0.25) is 0 Å². The van der Waals surface area contributed by atoms with Gasteiger partial charge < -0.3 is 9.51 Å². The lowest BCUT2D eigenvalue weighted by molar-refractivity contribution is 0.420. The second kappa shape index (κ2) is 2.02. The van der Waals surface area contributed by atoms with Gasteiger partial charge in [0.1, 0.15) is 6.26 Å². The van der Waals surface area contributed by atoms with Gasteiger partial charge in [-0.25, -0.2) is 0 Å². The molecule has 0 bridgehead atoms. The van der Waals surface area contributed by atoms with Crippen molar-refractivity contribution in [1.82, 2.24) is 10.1 Å². The van der Waals surface area contributed by atoms with Gasteiger partial charge in [0.15, 0.2) is 0 Å². The molecular weight excluding hydrogens is 128 g/mol. The van der Waals surface area contributed by atoms with Crippen molar-refractivity contribution in [2.75, 3.05) is 0 Å². The van der Waals surface area contributed by atoms with Crippen molar-refractivity contribution in [2.24, 2.45) is 0 Å². The molecule has 0 saturated heterocycles. The summed E-state index contributed by atoms with van der Waals surface area (Å²) in [5, 5.41) is 3.58. The van der Waals surface area contributed by atoms with E-state index in [2.05, 4.69) is 14.7 Å². The van der Waals surface area contributed by atoms with Crippen LogP contribution in [0.4, 0.5) is 0 Å². The molecule has 0 amide bonds. The molecule has 0 saturated carbocycles. The van der Waals surface area contributed by atoms with E-state index in [4.69, 9.17) is 0 Å². The molecule has 3 nitrogen and oxygen atoms in total. The number of hydrogen-bond acceptors (Lipinski definition) is 2. The number of hydrogen-bond donors (Lipinski definition) is 1. The number of aromatic amines is 1. The first-order chi connectivity index (χ1) is 4.97. The number of aromatic nitrogens is 2. The van der Waals surface area contributed by atoms with Crippen LogP contribution in [0.1, 0.15) is 0 Å². The summed E-state index contributed by atoms with van der Waals surface area (Å²) in [6.07, 6.45) is 5.14. The van der Waals surface area contributed by atoms with E-state index < -0.39 is 0 Å². The van der Waals surface area contributed by atoms with Crippen LogP contribution in [0.2, 0.25) is 0 Å². The summed E-state index contributed by atoms with van der Waals surface area (Å²) < 4.78 is 4.67. The van der Waals surface area contributed by atoms with Crippen LogP contribution in [0.5, 0.6) is 0 Å². The summed E-state index contributed by atoms with van der Waals surface area (Å²) >= 11 is 0. The fourth-order valence-corrected chi connectivity index (χ4v) is 0.848. The Labute approximate surface area is 57.7 Å². The molecule has 50 valence electrons. The first-order valence-corrected chi connectivity index (χ1v) is 3.00. The second-order valence-corrected chi connectivity index (χ2v) is 2.00. The lowest BCUT2D eigenvalue weighted by Gasteiger charge is -1.84. The molecule has 0 spiro atoms. The molecule has 2 rings (SSSR count). The largest absolute Gasteiger partial charge is 0.364 e. The molecule has 2 heterocycles. The molecule has 0 aromatic carbocycles. The van der Waals surface area contributed by atoms with E-state index in [0.717, 1.165) is 11.3 Å². The summed E-state index contributed by atoms with van der Waals surface area (Å²) in [6.45, 7) is 0. The standard InChI is InChI=1S/C7H6N2O/c1-2-7(8-3-1)6-4-9-10-5-6/h1-5,8H. The third kappa shape index (κ3) is 0.719. The summed E-state index contributed by atoms with van der Waals surface area (Å²) in [7, 11) is 0. The summed E-state index contributed by atoms with van der Waals surface area (Å²) in [5.41, 5.74) is 2.01. The number of H-pyrrole nitrogens is 1. The highest BCUT2D eigenvalue weighted by molar-refractivity contribution is 5.55. The van der Waals surface area contributed by atoms with Gasteiger partial charge in [-0.15, -0.1) is 0 Å². The highest BCUT2D eigenvalue weighted by atomic mass is 16.5. The Bertz CT molecular complexity index is 251. The molecule has 0 radical (unpaired) electrons. The highest BCUT2D eigenvalue weighted by Crippen LogP contribution is 2.14. The van der Waals surface area contributed by atoms with Crippen LogP contribution in [0, 0.1) is 0 Å². The zero-order chi connectivity index (χ0) is 6.81. The topological polar surface area (TPSA) is 41.8 Å². The van der Waals surface area contributed by atoms with Gasteiger partial charge in [-0.2, -0.15) is 0 Å². The Balaban J connectivity index is 2.48. The minimum Gasteiger partial charge on any atom is -0.364 e. The van der Waals surface area contributed by atoms with Gasteiger partial charge >= 0.3 is 0 Å². The fourth-order valence-electron chi connectivity index (χ4n) is 0.848. The minimum atomic E-state index is 0.977. The lowest BCUT2D eigenvalue weighted by Crippen LogP contribution is -1.68. The van der Waals surface area contributed by atoms with Crippen LogP contribution in [0.15, 0.2) is 35.3 Å². The van der Waals surface area contributed by atoms with Crippen molar-refractivity contribution in [3.8, 4) is 11.3 Å². The van der Waals surface area contributed by atoms with E-state index in [1.165, 1.54) is 0 Å². The molecule has 1 N–H and O–H groups in total. The second-order valence-electron chi connectivity index (χ2n) is 2.00. The Hall–Kier alpha value is -1.51. The molecule has 0 unspecified atom stereocenters. The first-order valence-electron chi connectivity index (χ1n) is 3.00. The maximum absolute atomic E-state index is 4.67. The summed E-state index contributed by atoms with van der Waals surface area (Å²) in [4.78, 5) is 3.04. The molecule has 2 aromatic heterocycles. The fraction of sp³-hybridized carbons (Fsp3) is 0. The third-order valence-corrected chi connectivity index (χ3v) is 1.34. The van der Waals surface area contributed by atoms with Crippen LogP contribution >= 0.6 is 0 Å². The van der Waals surface area contributed by atoms with Crippen molar-refractivity contribution in [3.05, 3.63) is 30.8 Å². The predicted molar refractivity (Wildman–Crippen MR) is 36.3 cm³/mol.